The van der Waals surface area contributed by atoms with Gasteiger partial charge >= 0.3 is 0 Å². The average molecular weight is 332 g/mol. The molecule has 0 spiro atoms. The molecule has 1 aromatic rings. The third-order valence-corrected chi connectivity index (χ3v) is 5.49. The Bertz CT molecular complexity index is 469. The van der Waals surface area contributed by atoms with Crippen molar-refractivity contribution in [3.8, 4) is 0 Å². The van der Waals surface area contributed by atoms with Crippen LogP contribution in [0.1, 0.15) is 38.5 Å². The smallest absolute Gasteiger partial charge is 0.222 e. The molecule has 1 amide bonds. The van der Waals surface area contributed by atoms with Crippen LogP contribution in [-0.4, -0.2) is 55.2 Å². The molecule has 0 aliphatic heterocycles. The minimum absolute atomic E-state index is 0.104. The van der Waals surface area contributed by atoms with Crippen molar-refractivity contribution in [1.82, 2.24) is 25.1 Å². The van der Waals surface area contributed by atoms with E-state index in [1.54, 1.807) is 16.4 Å². The van der Waals surface area contributed by atoms with Gasteiger partial charge in [0.25, 0.3) is 0 Å². The van der Waals surface area contributed by atoms with Gasteiger partial charge in [0.15, 0.2) is 0 Å². The molecule has 2 unspecified atom stereocenters. The van der Waals surface area contributed by atoms with Crippen LogP contribution in [0, 0.1) is 0 Å². The topological polar surface area (TPSA) is 63.9 Å². The summed E-state index contributed by atoms with van der Waals surface area (Å²) in [6.07, 6.45) is 5.75. The third-order valence-electron chi connectivity index (χ3n) is 3.89. The van der Waals surface area contributed by atoms with E-state index in [1.807, 2.05) is 19.0 Å². The first-order valence-electron chi connectivity index (χ1n) is 7.34. The molecule has 1 aliphatic carbocycles. The maximum atomic E-state index is 12.2. The highest BCUT2D eigenvalue weighted by Gasteiger charge is 2.28. The highest BCUT2D eigenvalue weighted by atomic mass is 35.5. The summed E-state index contributed by atoms with van der Waals surface area (Å²) >= 11 is 7.92. The molecule has 0 bridgehead atoms. The molecule has 0 saturated heterocycles. The van der Waals surface area contributed by atoms with E-state index in [1.165, 1.54) is 12.8 Å². The van der Waals surface area contributed by atoms with E-state index in [9.17, 15) is 4.79 Å². The van der Waals surface area contributed by atoms with Crippen LogP contribution >= 0.6 is 23.4 Å². The van der Waals surface area contributed by atoms with Gasteiger partial charge in [0.1, 0.15) is 0 Å². The van der Waals surface area contributed by atoms with Crippen LogP contribution in [-0.2, 0) is 11.8 Å². The fraction of sp³-hybridized carbons (Fsp3) is 0.846. The predicted molar refractivity (Wildman–Crippen MR) is 83.4 cm³/mol. The van der Waals surface area contributed by atoms with E-state index in [0.29, 0.717) is 6.42 Å². The van der Waals surface area contributed by atoms with E-state index in [4.69, 9.17) is 11.6 Å². The average Bonchev–Trinajstić information content (AvgIpc) is 2.88. The molecule has 0 radical (unpaired) electrons. The van der Waals surface area contributed by atoms with Crippen molar-refractivity contribution in [2.75, 3.05) is 12.8 Å². The van der Waals surface area contributed by atoms with Gasteiger partial charge in [-0.3, -0.25) is 4.79 Å². The molecule has 2 rings (SSSR count). The molecule has 1 aromatic heterocycles. The Morgan fingerprint density at radius 3 is 2.90 bits per heavy atom. The number of thioether (sulfide) groups is 1. The zero-order chi connectivity index (χ0) is 15.2. The number of carbonyl (C=O) groups is 1. The van der Waals surface area contributed by atoms with Crippen LogP contribution in [0.25, 0.3) is 0 Å². The van der Waals surface area contributed by atoms with Gasteiger partial charge in [0.05, 0.1) is 5.38 Å². The van der Waals surface area contributed by atoms with Gasteiger partial charge in [-0.25, -0.2) is 4.68 Å². The van der Waals surface area contributed by atoms with Gasteiger partial charge in [0.2, 0.25) is 11.1 Å². The molecule has 2 atom stereocenters. The monoisotopic (exact) mass is 331 g/mol. The summed E-state index contributed by atoms with van der Waals surface area (Å²) in [6, 6.07) is 0.198. The second-order valence-electron chi connectivity index (χ2n) is 5.41. The van der Waals surface area contributed by atoms with E-state index in [-0.39, 0.29) is 17.3 Å². The predicted octanol–water partition coefficient (Wildman–Crippen LogP) is 2.09. The summed E-state index contributed by atoms with van der Waals surface area (Å²) in [4.78, 5) is 14.1. The first-order valence-corrected chi connectivity index (χ1v) is 8.76. The number of amides is 1. The Morgan fingerprint density at radius 1 is 1.48 bits per heavy atom. The van der Waals surface area contributed by atoms with E-state index >= 15 is 0 Å². The largest absolute Gasteiger partial charge is 0.341 e. The number of tetrazole rings is 1. The first-order chi connectivity index (χ1) is 10.1. The van der Waals surface area contributed by atoms with Crippen LogP contribution in [0.2, 0.25) is 0 Å². The maximum Gasteiger partial charge on any atom is 0.222 e. The molecule has 118 valence electrons. The number of hydrogen-bond acceptors (Lipinski definition) is 5. The molecule has 0 aromatic carbocycles. The van der Waals surface area contributed by atoms with Crippen LogP contribution in [0.4, 0.5) is 0 Å². The van der Waals surface area contributed by atoms with Gasteiger partial charge in [-0.1, -0.05) is 24.6 Å². The van der Waals surface area contributed by atoms with E-state index < -0.39 is 0 Å². The van der Waals surface area contributed by atoms with E-state index in [2.05, 4.69) is 15.5 Å². The zero-order valence-electron chi connectivity index (χ0n) is 12.5. The van der Waals surface area contributed by atoms with Crippen molar-refractivity contribution >= 4 is 29.3 Å². The fourth-order valence-corrected chi connectivity index (χ4v) is 3.83. The number of aryl methyl sites for hydroxylation is 1. The minimum Gasteiger partial charge on any atom is -0.341 e. The van der Waals surface area contributed by atoms with Crippen molar-refractivity contribution < 1.29 is 4.79 Å². The Hall–Kier alpha value is -0.820. The summed E-state index contributed by atoms with van der Waals surface area (Å²) in [5, 5.41) is 12.1. The van der Waals surface area contributed by atoms with Crippen molar-refractivity contribution in [2.24, 2.45) is 7.05 Å². The molecule has 21 heavy (non-hydrogen) atoms. The van der Waals surface area contributed by atoms with Gasteiger partial charge in [-0.15, -0.1) is 16.7 Å². The van der Waals surface area contributed by atoms with Crippen molar-refractivity contribution in [3.63, 3.8) is 0 Å². The molecular formula is C13H22ClN5OS. The number of nitrogens with zero attached hydrogens (tertiary/aromatic N) is 5. The molecule has 6 nitrogen and oxygen atoms in total. The molecule has 1 aliphatic rings. The van der Waals surface area contributed by atoms with Crippen molar-refractivity contribution in [2.45, 2.75) is 55.1 Å². The fourth-order valence-electron chi connectivity index (χ4n) is 2.59. The standard InChI is InChI=1S/C13H22ClN5OS/c1-18(11-7-4-3-6-10(11)14)12(20)8-5-9-21-13-15-16-17-19(13)2/h10-11H,3-9H2,1-2H3. The molecular weight excluding hydrogens is 310 g/mol. The van der Waals surface area contributed by atoms with Crippen molar-refractivity contribution in [1.29, 1.82) is 0 Å². The molecule has 1 fully saturated rings. The highest BCUT2D eigenvalue weighted by molar-refractivity contribution is 7.99. The molecule has 8 heteroatoms. The lowest BCUT2D eigenvalue weighted by Crippen LogP contribution is -2.44. The maximum absolute atomic E-state index is 12.2. The van der Waals surface area contributed by atoms with Gasteiger partial charge in [0, 0.05) is 32.3 Å². The first kappa shape index (κ1) is 16.5. The van der Waals surface area contributed by atoms with Crippen LogP contribution in [0.5, 0.6) is 0 Å². The van der Waals surface area contributed by atoms with Gasteiger partial charge < -0.3 is 4.90 Å². The summed E-state index contributed by atoms with van der Waals surface area (Å²) in [5.41, 5.74) is 0. The Labute approximate surface area is 134 Å². The molecule has 1 heterocycles. The number of hydrogen-bond donors (Lipinski definition) is 0. The molecule has 0 N–H and O–H groups in total. The highest BCUT2D eigenvalue weighted by Crippen LogP contribution is 2.27. The summed E-state index contributed by atoms with van der Waals surface area (Å²) in [5.74, 6) is 1.02. The zero-order valence-corrected chi connectivity index (χ0v) is 14.1. The normalized spacial score (nSPS) is 22.2. The van der Waals surface area contributed by atoms with Crippen molar-refractivity contribution in [3.05, 3.63) is 0 Å². The lowest BCUT2D eigenvalue weighted by Gasteiger charge is -2.35. The summed E-state index contributed by atoms with van der Waals surface area (Å²) < 4.78 is 1.64. The molecule has 1 saturated carbocycles. The number of aromatic nitrogens is 4. The SMILES string of the molecule is CN(C(=O)CCCSc1nnnn1C)C1CCCCC1Cl. The van der Waals surface area contributed by atoms with Gasteiger partial charge in [-0.05, 0) is 29.7 Å². The second-order valence-corrected chi connectivity index (χ2v) is 7.03. The lowest BCUT2D eigenvalue weighted by molar-refractivity contribution is -0.132. The number of rotatable bonds is 6. The third kappa shape index (κ3) is 4.57. The van der Waals surface area contributed by atoms with Crippen LogP contribution < -0.4 is 0 Å². The Morgan fingerprint density at radius 2 is 2.24 bits per heavy atom. The summed E-state index contributed by atoms with van der Waals surface area (Å²) in [6.45, 7) is 0. The van der Waals surface area contributed by atoms with Crippen LogP contribution in [0.3, 0.4) is 0 Å². The second kappa shape index (κ2) is 7.98. The quantitative estimate of drug-likeness (QED) is 0.454. The number of alkyl halides is 1. The summed E-state index contributed by atoms with van der Waals surface area (Å²) in [7, 11) is 3.69. The number of halogens is 1. The van der Waals surface area contributed by atoms with E-state index in [0.717, 1.165) is 30.2 Å². The minimum atomic E-state index is 0.104. The van der Waals surface area contributed by atoms with Crippen LogP contribution in [0.15, 0.2) is 5.16 Å². The lowest BCUT2D eigenvalue weighted by atomic mass is 9.93. The number of carbonyl (C=O) groups excluding carboxylic acids is 1. The van der Waals surface area contributed by atoms with Gasteiger partial charge in [-0.2, -0.15) is 0 Å². The Balaban J connectivity index is 1.70. The Kier molecular flexibility index (Phi) is 6.29.